The molecule has 2 fully saturated rings. The summed E-state index contributed by atoms with van der Waals surface area (Å²) in [5.41, 5.74) is 0. The molecule has 1 radical (unpaired) electrons. The summed E-state index contributed by atoms with van der Waals surface area (Å²) < 4.78 is 0. The Labute approximate surface area is 94.6 Å². The van der Waals surface area contributed by atoms with Crippen LogP contribution in [0.25, 0.3) is 0 Å². The van der Waals surface area contributed by atoms with Gasteiger partial charge in [0.25, 0.3) is 0 Å². The Bertz CT molecular complexity index is 115. The molecular weight excluding hydrogens is 211 g/mol. The number of hydrogen-bond acceptors (Lipinski definition) is 1. The van der Waals surface area contributed by atoms with E-state index in [2.05, 4.69) is 18.7 Å². The van der Waals surface area contributed by atoms with Gasteiger partial charge in [-0.15, -0.1) is 0 Å². The van der Waals surface area contributed by atoms with Gasteiger partial charge < -0.3 is 18.7 Å². The van der Waals surface area contributed by atoms with Crippen LogP contribution in [0, 0.1) is 31.1 Å². The molecule has 3 unspecified atom stereocenters. The Morgan fingerprint density at radius 3 is 2.91 bits per heavy atom. The van der Waals surface area contributed by atoms with Crippen molar-refractivity contribution in [1.82, 2.24) is 5.32 Å². The van der Waals surface area contributed by atoms with Crippen LogP contribution < -0.4 is 5.32 Å². The zero-order valence-electron chi connectivity index (χ0n) is 6.92. The van der Waals surface area contributed by atoms with Gasteiger partial charge in [0, 0.05) is 32.7 Å². The molecule has 1 aliphatic heterocycles. The Balaban J connectivity index is 0.000000605. The van der Waals surface area contributed by atoms with Gasteiger partial charge in [-0.05, 0) is 13.1 Å². The second kappa shape index (κ2) is 4.34. The van der Waals surface area contributed by atoms with Crippen molar-refractivity contribution >= 4 is 0 Å². The zero-order chi connectivity index (χ0) is 6.97. The van der Waals surface area contributed by atoms with E-state index >= 15 is 0 Å². The van der Waals surface area contributed by atoms with Crippen LogP contribution in [0.4, 0.5) is 0 Å². The number of rotatable bonds is 1. The Morgan fingerprint density at radius 1 is 1.45 bits per heavy atom. The normalized spacial score (nSPS) is 41.7. The first-order valence-electron chi connectivity index (χ1n) is 4.25. The molecule has 1 N–H and O–H groups in total. The SMILES string of the molecule is [CH2-]CC1[CH-]C2CNCC2C1.[Y]. The zero-order valence-corrected chi connectivity index (χ0v) is 9.76. The molecule has 2 heteroatoms. The molecule has 61 valence electrons. The molecular formula is C9H15NY-2. The third-order valence-electron chi connectivity index (χ3n) is 2.89. The van der Waals surface area contributed by atoms with E-state index in [1.54, 1.807) is 0 Å². The van der Waals surface area contributed by atoms with E-state index in [9.17, 15) is 0 Å². The summed E-state index contributed by atoms with van der Waals surface area (Å²) in [6.45, 7) is 6.41. The van der Waals surface area contributed by atoms with Crippen molar-refractivity contribution in [1.29, 1.82) is 0 Å². The van der Waals surface area contributed by atoms with Crippen LogP contribution in [0.2, 0.25) is 0 Å². The van der Waals surface area contributed by atoms with Crippen LogP contribution in [0.15, 0.2) is 0 Å². The summed E-state index contributed by atoms with van der Waals surface area (Å²) in [5, 5.41) is 3.42. The van der Waals surface area contributed by atoms with E-state index < -0.39 is 0 Å². The third kappa shape index (κ3) is 2.05. The maximum absolute atomic E-state index is 3.94. The predicted molar refractivity (Wildman–Crippen MR) is 42.2 cm³/mol. The molecule has 11 heavy (non-hydrogen) atoms. The molecule has 1 saturated heterocycles. The maximum atomic E-state index is 3.94. The Kier molecular flexibility index (Phi) is 4.01. The molecule has 0 bridgehead atoms. The van der Waals surface area contributed by atoms with E-state index in [0.29, 0.717) is 0 Å². The fourth-order valence-electron chi connectivity index (χ4n) is 2.27. The summed E-state index contributed by atoms with van der Waals surface area (Å²) >= 11 is 0. The average molecular weight is 226 g/mol. The average Bonchev–Trinajstić information content (AvgIpc) is 2.42. The maximum Gasteiger partial charge on any atom is 0 e. The third-order valence-corrected chi connectivity index (χ3v) is 2.89. The topological polar surface area (TPSA) is 12.0 Å². The van der Waals surface area contributed by atoms with E-state index in [1.165, 1.54) is 19.5 Å². The second-order valence-electron chi connectivity index (χ2n) is 3.56. The van der Waals surface area contributed by atoms with Crippen LogP contribution in [0.5, 0.6) is 0 Å². The van der Waals surface area contributed by atoms with Crippen molar-refractivity contribution in [2.24, 2.45) is 17.8 Å². The van der Waals surface area contributed by atoms with Gasteiger partial charge in [0.1, 0.15) is 0 Å². The van der Waals surface area contributed by atoms with Crippen LogP contribution in [0.3, 0.4) is 0 Å². The fourth-order valence-corrected chi connectivity index (χ4v) is 2.27. The first-order chi connectivity index (χ1) is 4.90. The van der Waals surface area contributed by atoms with Gasteiger partial charge in [-0.2, -0.15) is 11.8 Å². The summed E-state index contributed by atoms with van der Waals surface area (Å²) in [5.74, 6) is 2.66. The van der Waals surface area contributed by atoms with Crippen molar-refractivity contribution < 1.29 is 32.7 Å². The summed E-state index contributed by atoms with van der Waals surface area (Å²) in [7, 11) is 0. The second-order valence-corrected chi connectivity index (χ2v) is 3.56. The summed E-state index contributed by atoms with van der Waals surface area (Å²) in [6, 6.07) is 0. The predicted octanol–water partition coefficient (Wildman–Crippen LogP) is 1.27. The standard InChI is InChI=1S/C9H15N.Y/c1-2-7-3-8-5-10-6-9(8)4-7;/h3,7-10H,1-2,4-6H2;/q-2;. The van der Waals surface area contributed by atoms with Gasteiger partial charge in [-0.1, -0.05) is 12.3 Å². The van der Waals surface area contributed by atoms with Crippen molar-refractivity contribution in [3.05, 3.63) is 13.3 Å². The molecule has 1 heterocycles. The van der Waals surface area contributed by atoms with Gasteiger partial charge in [0.2, 0.25) is 0 Å². The molecule has 3 atom stereocenters. The molecule has 0 aromatic rings. The molecule has 0 aromatic heterocycles. The minimum atomic E-state index is 0. The van der Waals surface area contributed by atoms with Crippen LogP contribution >= 0.6 is 0 Å². The molecule has 1 nitrogen and oxygen atoms in total. The van der Waals surface area contributed by atoms with Crippen molar-refractivity contribution in [3.63, 3.8) is 0 Å². The monoisotopic (exact) mass is 226 g/mol. The smallest absolute Gasteiger partial charge is 0 e. The van der Waals surface area contributed by atoms with Gasteiger partial charge in [-0.25, -0.2) is 6.42 Å². The van der Waals surface area contributed by atoms with Gasteiger partial charge in [0.15, 0.2) is 0 Å². The molecule has 1 saturated carbocycles. The molecule has 0 spiro atoms. The summed E-state index contributed by atoms with van der Waals surface area (Å²) in [4.78, 5) is 0. The van der Waals surface area contributed by atoms with Gasteiger partial charge >= 0.3 is 0 Å². The molecule has 1 aliphatic carbocycles. The van der Waals surface area contributed by atoms with Crippen molar-refractivity contribution in [3.8, 4) is 0 Å². The number of hydrogen-bond donors (Lipinski definition) is 1. The Morgan fingerprint density at radius 2 is 2.27 bits per heavy atom. The molecule has 0 aromatic carbocycles. The minimum absolute atomic E-state index is 0. The number of fused-ring (bicyclic) bond motifs is 1. The quantitative estimate of drug-likeness (QED) is 0.664. The van der Waals surface area contributed by atoms with Gasteiger partial charge in [-0.3, -0.25) is 0 Å². The van der Waals surface area contributed by atoms with E-state index in [-0.39, 0.29) is 32.7 Å². The van der Waals surface area contributed by atoms with Crippen LogP contribution in [0.1, 0.15) is 12.8 Å². The number of nitrogens with one attached hydrogen (secondary N) is 1. The summed E-state index contributed by atoms with van der Waals surface area (Å²) in [6.07, 6.45) is 5.01. The molecule has 2 aliphatic rings. The first kappa shape index (κ1) is 10.1. The van der Waals surface area contributed by atoms with E-state index in [0.717, 1.165) is 24.2 Å². The molecule has 2 rings (SSSR count). The first-order valence-corrected chi connectivity index (χ1v) is 4.25. The van der Waals surface area contributed by atoms with Gasteiger partial charge in [0.05, 0.1) is 0 Å². The Hall–Kier alpha value is 1.06. The minimum Gasteiger partial charge on any atom is -0.345 e. The van der Waals surface area contributed by atoms with Crippen molar-refractivity contribution in [2.45, 2.75) is 12.8 Å². The fraction of sp³-hybridized carbons (Fsp3) is 0.778. The van der Waals surface area contributed by atoms with E-state index in [1.807, 2.05) is 0 Å². The van der Waals surface area contributed by atoms with Crippen molar-refractivity contribution in [2.75, 3.05) is 13.1 Å². The van der Waals surface area contributed by atoms with Crippen LogP contribution in [-0.2, 0) is 32.7 Å². The van der Waals surface area contributed by atoms with Crippen LogP contribution in [-0.4, -0.2) is 13.1 Å². The van der Waals surface area contributed by atoms with E-state index in [4.69, 9.17) is 0 Å². The molecule has 0 amide bonds. The largest absolute Gasteiger partial charge is 0.345 e.